The third-order valence-electron chi connectivity index (χ3n) is 8.12. The zero-order valence-electron chi connectivity index (χ0n) is 23.3. The average molecular weight is 573 g/mol. The first-order chi connectivity index (χ1) is 20.6. The molecule has 0 atom stereocenters. The average Bonchev–Trinajstić information content (AvgIpc) is 3.44. The SMILES string of the molecule is N#Cc1ccc(CNC2CCC(CNc3nc(N4CCOCC4)cc(-n4c(C(F)F)nc5ccccc54)n3)CC2)cc1. The molecule has 218 valence electrons. The van der Waals surface area contributed by atoms with Crippen LogP contribution >= 0.6 is 0 Å². The van der Waals surface area contributed by atoms with Crippen molar-refractivity contribution in [2.45, 2.75) is 44.7 Å². The van der Waals surface area contributed by atoms with Crippen LogP contribution in [0.1, 0.15) is 49.1 Å². The number of hydrogen-bond acceptors (Lipinski definition) is 8. The van der Waals surface area contributed by atoms with Crippen LogP contribution in [0.2, 0.25) is 0 Å². The summed E-state index contributed by atoms with van der Waals surface area (Å²) in [5.41, 5.74) is 2.92. The Morgan fingerprint density at radius 1 is 0.952 bits per heavy atom. The minimum atomic E-state index is -2.75. The Balaban J connectivity index is 1.15. The lowest BCUT2D eigenvalue weighted by Gasteiger charge is -2.30. The van der Waals surface area contributed by atoms with Gasteiger partial charge in [0.25, 0.3) is 6.43 Å². The molecule has 1 saturated heterocycles. The van der Waals surface area contributed by atoms with E-state index in [4.69, 9.17) is 20.0 Å². The Hall–Kier alpha value is -4.14. The van der Waals surface area contributed by atoms with Crippen molar-refractivity contribution < 1.29 is 13.5 Å². The summed E-state index contributed by atoms with van der Waals surface area (Å²) in [5.74, 6) is 1.60. The molecular formula is C31H34F2N8O. The molecule has 1 aliphatic carbocycles. The minimum absolute atomic E-state index is 0.333. The highest BCUT2D eigenvalue weighted by Crippen LogP contribution is 2.30. The third kappa shape index (κ3) is 6.35. The molecule has 2 N–H and O–H groups in total. The molecule has 0 radical (unpaired) electrons. The van der Waals surface area contributed by atoms with E-state index in [2.05, 4.69) is 26.6 Å². The van der Waals surface area contributed by atoms with Crippen molar-refractivity contribution >= 4 is 22.8 Å². The fourth-order valence-electron chi connectivity index (χ4n) is 5.77. The molecule has 42 heavy (non-hydrogen) atoms. The number of alkyl halides is 2. The molecule has 6 rings (SSSR count). The van der Waals surface area contributed by atoms with E-state index in [-0.39, 0.29) is 5.82 Å². The van der Waals surface area contributed by atoms with Gasteiger partial charge in [-0.25, -0.2) is 13.8 Å². The van der Waals surface area contributed by atoms with Gasteiger partial charge in [0.15, 0.2) is 5.82 Å². The first-order valence-electron chi connectivity index (χ1n) is 14.5. The minimum Gasteiger partial charge on any atom is -0.378 e. The van der Waals surface area contributed by atoms with Gasteiger partial charge in [-0.3, -0.25) is 4.57 Å². The summed E-state index contributed by atoms with van der Waals surface area (Å²) in [7, 11) is 0. The number of aromatic nitrogens is 4. The molecule has 2 fully saturated rings. The normalized spacial score (nSPS) is 19.2. The van der Waals surface area contributed by atoms with Gasteiger partial charge in [-0.1, -0.05) is 24.3 Å². The van der Waals surface area contributed by atoms with Crippen LogP contribution in [-0.2, 0) is 11.3 Å². The van der Waals surface area contributed by atoms with Crippen molar-refractivity contribution in [2.75, 3.05) is 43.1 Å². The maximum atomic E-state index is 14.1. The number of anilines is 2. The lowest BCUT2D eigenvalue weighted by Crippen LogP contribution is -2.37. The first-order valence-corrected chi connectivity index (χ1v) is 14.5. The molecule has 11 heteroatoms. The molecule has 0 unspecified atom stereocenters. The monoisotopic (exact) mass is 572 g/mol. The number of rotatable bonds is 9. The molecule has 2 aromatic heterocycles. The van der Waals surface area contributed by atoms with Gasteiger partial charge in [-0.2, -0.15) is 15.2 Å². The number of morpholine rings is 1. The van der Waals surface area contributed by atoms with Gasteiger partial charge >= 0.3 is 0 Å². The quantitative estimate of drug-likeness (QED) is 0.281. The lowest BCUT2D eigenvalue weighted by atomic mass is 9.86. The molecule has 3 heterocycles. The number of nitrogens with one attached hydrogen (secondary N) is 2. The topological polar surface area (TPSA) is 104 Å². The molecule has 4 aromatic rings. The molecule has 9 nitrogen and oxygen atoms in total. The highest BCUT2D eigenvalue weighted by Gasteiger charge is 2.24. The number of nitriles is 1. The second-order valence-corrected chi connectivity index (χ2v) is 10.9. The van der Waals surface area contributed by atoms with Crippen molar-refractivity contribution in [3.63, 3.8) is 0 Å². The van der Waals surface area contributed by atoms with Crippen molar-refractivity contribution in [1.82, 2.24) is 24.8 Å². The largest absolute Gasteiger partial charge is 0.378 e. The number of ether oxygens (including phenoxy) is 1. The number of para-hydroxylation sites is 2. The van der Waals surface area contributed by atoms with Gasteiger partial charge in [0.2, 0.25) is 5.95 Å². The van der Waals surface area contributed by atoms with E-state index in [0.29, 0.717) is 79.0 Å². The second kappa shape index (κ2) is 12.8. The third-order valence-corrected chi connectivity index (χ3v) is 8.12. The van der Waals surface area contributed by atoms with Gasteiger partial charge in [0.05, 0.1) is 35.9 Å². The summed E-state index contributed by atoms with van der Waals surface area (Å²) in [6.07, 6.45) is 1.52. The maximum Gasteiger partial charge on any atom is 0.296 e. The van der Waals surface area contributed by atoms with Crippen molar-refractivity contribution in [3.05, 3.63) is 71.5 Å². The van der Waals surface area contributed by atoms with E-state index in [0.717, 1.165) is 32.2 Å². The van der Waals surface area contributed by atoms with Crippen LogP contribution < -0.4 is 15.5 Å². The zero-order chi connectivity index (χ0) is 28.9. The van der Waals surface area contributed by atoms with E-state index in [1.165, 1.54) is 10.1 Å². The summed E-state index contributed by atoms with van der Waals surface area (Å²) in [6.45, 7) is 4.00. The zero-order valence-corrected chi connectivity index (χ0v) is 23.3. The van der Waals surface area contributed by atoms with E-state index in [1.54, 1.807) is 24.3 Å². The van der Waals surface area contributed by atoms with Crippen LogP contribution in [0.3, 0.4) is 0 Å². The predicted octanol–water partition coefficient (Wildman–Crippen LogP) is 5.22. The summed E-state index contributed by atoms with van der Waals surface area (Å²) in [4.78, 5) is 15.8. The Morgan fingerprint density at radius 3 is 2.43 bits per heavy atom. The van der Waals surface area contributed by atoms with E-state index < -0.39 is 6.43 Å². The van der Waals surface area contributed by atoms with E-state index in [1.807, 2.05) is 30.3 Å². The predicted molar refractivity (Wildman–Crippen MR) is 157 cm³/mol. The number of benzene rings is 2. The number of nitrogens with zero attached hydrogens (tertiary/aromatic N) is 6. The summed E-state index contributed by atoms with van der Waals surface area (Å²) in [5, 5.41) is 16.1. The van der Waals surface area contributed by atoms with Gasteiger partial charge in [-0.05, 0) is 61.4 Å². The molecule has 0 amide bonds. The van der Waals surface area contributed by atoms with Crippen molar-refractivity contribution in [1.29, 1.82) is 5.26 Å². The van der Waals surface area contributed by atoms with Gasteiger partial charge < -0.3 is 20.3 Å². The summed E-state index contributed by atoms with van der Waals surface area (Å²) < 4.78 is 35.2. The molecule has 2 aromatic carbocycles. The number of halogens is 2. The Bertz CT molecular complexity index is 1540. The summed E-state index contributed by atoms with van der Waals surface area (Å²) in [6, 6.07) is 19.2. The number of hydrogen-bond donors (Lipinski definition) is 2. The van der Waals surface area contributed by atoms with Gasteiger partial charge in [0, 0.05) is 38.3 Å². The molecule has 1 aliphatic heterocycles. The Kier molecular flexibility index (Phi) is 8.53. The van der Waals surface area contributed by atoms with Crippen LogP contribution in [-0.4, -0.2) is 58.4 Å². The molecule has 2 aliphatic rings. The smallest absolute Gasteiger partial charge is 0.296 e. The fraction of sp³-hybridized carbons (Fsp3) is 0.419. The van der Waals surface area contributed by atoms with Crippen LogP contribution in [0, 0.1) is 17.2 Å². The highest BCUT2D eigenvalue weighted by atomic mass is 19.3. The lowest BCUT2D eigenvalue weighted by molar-refractivity contribution is 0.122. The molecule has 0 bridgehead atoms. The van der Waals surface area contributed by atoms with Gasteiger partial charge in [0.1, 0.15) is 11.6 Å². The Morgan fingerprint density at radius 2 is 1.69 bits per heavy atom. The van der Waals surface area contributed by atoms with Crippen LogP contribution in [0.15, 0.2) is 54.6 Å². The molecular weight excluding hydrogens is 538 g/mol. The van der Waals surface area contributed by atoms with E-state index >= 15 is 0 Å². The van der Waals surface area contributed by atoms with Crippen molar-refractivity contribution in [2.24, 2.45) is 5.92 Å². The van der Waals surface area contributed by atoms with Gasteiger partial charge in [-0.15, -0.1) is 0 Å². The molecule has 0 spiro atoms. The second-order valence-electron chi connectivity index (χ2n) is 10.9. The standard InChI is InChI=1S/C31H34F2N8O/c32-29(33)30-37-25-3-1-2-4-26(25)41(30)28-17-27(40-13-15-42-16-14-40)38-31(39-28)36-20-23-9-11-24(12-10-23)35-19-22-7-5-21(18-34)6-8-22/h1-8,17,23-24,29,35H,9-16,19-20H2,(H,36,38,39). The van der Waals surface area contributed by atoms with E-state index in [9.17, 15) is 8.78 Å². The fourth-order valence-corrected chi connectivity index (χ4v) is 5.77. The highest BCUT2D eigenvalue weighted by molar-refractivity contribution is 5.78. The Labute approximate surface area is 243 Å². The van der Waals surface area contributed by atoms with Crippen molar-refractivity contribution in [3.8, 4) is 11.9 Å². The molecule has 1 saturated carbocycles. The van der Waals surface area contributed by atoms with Crippen LogP contribution in [0.5, 0.6) is 0 Å². The summed E-state index contributed by atoms with van der Waals surface area (Å²) >= 11 is 0. The first kappa shape index (κ1) is 28.0. The maximum absolute atomic E-state index is 14.1. The number of fused-ring (bicyclic) bond motifs is 1. The van der Waals surface area contributed by atoms with Crippen LogP contribution in [0.4, 0.5) is 20.5 Å². The number of imidazole rings is 1. The van der Waals surface area contributed by atoms with Crippen LogP contribution in [0.25, 0.3) is 16.9 Å².